The highest BCUT2D eigenvalue weighted by Crippen LogP contribution is 2.33. The third-order valence-corrected chi connectivity index (χ3v) is 3.33. The second-order valence-corrected chi connectivity index (χ2v) is 4.75. The summed E-state index contributed by atoms with van der Waals surface area (Å²) >= 11 is 0. The van der Waals surface area contributed by atoms with Crippen LogP contribution in [-0.4, -0.2) is 4.98 Å². The molecule has 3 rings (SSSR count). The van der Waals surface area contributed by atoms with Crippen molar-refractivity contribution in [3.63, 3.8) is 0 Å². The largest absolute Gasteiger partial charge is 0.354 e. The van der Waals surface area contributed by atoms with E-state index < -0.39 is 0 Å². The molecule has 19 heavy (non-hydrogen) atoms. The van der Waals surface area contributed by atoms with Crippen LogP contribution in [0.4, 0.5) is 4.39 Å². The van der Waals surface area contributed by atoms with Crippen LogP contribution in [0.15, 0.2) is 48.5 Å². The highest BCUT2D eigenvalue weighted by molar-refractivity contribution is 5.91. The summed E-state index contributed by atoms with van der Waals surface area (Å²) in [7, 11) is 0. The lowest BCUT2D eigenvalue weighted by Crippen LogP contribution is -2.05. The molecule has 2 aromatic carbocycles. The fraction of sp³-hybridized carbons (Fsp3) is 0.125. The molecule has 0 saturated carbocycles. The van der Waals surface area contributed by atoms with Crippen molar-refractivity contribution in [2.45, 2.75) is 13.0 Å². The Balaban J connectivity index is 2.28. The molecule has 2 nitrogen and oxygen atoms in total. The molecular formula is C16H15FN2. The highest BCUT2D eigenvalue weighted by Gasteiger charge is 2.15. The Kier molecular flexibility index (Phi) is 2.84. The predicted octanol–water partition coefficient (Wildman–Crippen LogP) is 3.99. The maximum atomic E-state index is 13.0. The molecule has 96 valence electrons. The second-order valence-electron chi connectivity index (χ2n) is 4.75. The van der Waals surface area contributed by atoms with Gasteiger partial charge >= 0.3 is 0 Å². The number of benzene rings is 2. The van der Waals surface area contributed by atoms with Gasteiger partial charge in [-0.05, 0) is 42.8 Å². The second kappa shape index (κ2) is 4.52. The van der Waals surface area contributed by atoms with Gasteiger partial charge in [0.2, 0.25) is 0 Å². The molecule has 3 heteroatoms. The van der Waals surface area contributed by atoms with E-state index in [2.05, 4.69) is 11.1 Å². The molecule has 0 aliphatic rings. The van der Waals surface area contributed by atoms with Gasteiger partial charge in [0, 0.05) is 22.5 Å². The third-order valence-electron chi connectivity index (χ3n) is 3.33. The predicted molar refractivity (Wildman–Crippen MR) is 76.3 cm³/mol. The summed E-state index contributed by atoms with van der Waals surface area (Å²) in [5.41, 5.74) is 10.1. The van der Waals surface area contributed by atoms with Gasteiger partial charge in [-0.1, -0.05) is 18.2 Å². The Bertz CT molecular complexity index is 711. The van der Waals surface area contributed by atoms with Crippen molar-refractivity contribution in [3.05, 3.63) is 59.9 Å². The van der Waals surface area contributed by atoms with Gasteiger partial charge in [0.1, 0.15) is 5.82 Å². The van der Waals surface area contributed by atoms with Crippen LogP contribution in [0.5, 0.6) is 0 Å². The van der Waals surface area contributed by atoms with E-state index in [9.17, 15) is 4.39 Å². The fourth-order valence-electron chi connectivity index (χ4n) is 2.48. The lowest BCUT2D eigenvalue weighted by Gasteiger charge is -2.08. The van der Waals surface area contributed by atoms with E-state index in [0.717, 1.165) is 27.7 Å². The Morgan fingerprint density at radius 3 is 2.42 bits per heavy atom. The van der Waals surface area contributed by atoms with E-state index in [1.807, 2.05) is 25.1 Å². The van der Waals surface area contributed by atoms with E-state index in [-0.39, 0.29) is 11.9 Å². The van der Waals surface area contributed by atoms with Crippen molar-refractivity contribution < 1.29 is 4.39 Å². The maximum absolute atomic E-state index is 13.0. The molecule has 3 aromatic rings. The molecule has 0 saturated heterocycles. The number of fused-ring (bicyclic) bond motifs is 1. The molecule has 0 amide bonds. The molecule has 0 spiro atoms. The number of rotatable bonds is 2. The summed E-state index contributed by atoms with van der Waals surface area (Å²) in [4.78, 5) is 3.38. The molecule has 0 aliphatic carbocycles. The lowest BCUT2D eigenvalue weighted by atomic mass is 10.0. The molecular weight excluding hydrogens is 239 g/mol. The van der Waals surface area contributed by atoms with Gasteiger partial charge < -0.3 is 10.7 Å². The number of hydrogen-bond donors (Lipinski definition) is 2. The van der Waals surface area contributed by atoms with Crippen LogP contribution in [0.1, 0.15) is 18.5 Å². The molecule has 0 aliphatic heterocycles. The number of aromatic amines is 1. The molecule has 0 fully saturated rings. The summed E-state index contributed by atoms with van der Waals surface area (Å²) < 4.78 is 13.0. The van der Waals surface area contributed by atoms with Gasteiger partial charge in [-0.15, -0.1) is 0 Å². The lowest BCUT2D eigenvalue weighted by molar-refractivity contribution is 0.628. The first-order chi connectivity index (χ1) is 9.16. The monoisotopic (exact) mass is 254 g/mol. The third kappa shape index (κ3) is 2.02. The van der Waals surface area contributed by atoms with Crippen molar-refractivity contribution in [1.82, 2.24) is 4.98 Å². The minimum Gasteiger partial charge on any atom is -0.354 e. The van der Waals surface area contributed by atoms with Crippen LogP contribution >= 0.6 is 0 Å². The topological polar surface area (TPSA) is 41.8 Å². The number of H-pyrrole nitrogens is 1. The maximum Gasteiger partial charge on any atom is 0.123 e. The van der Waals surface area contributed by atoms with E-state index >= 15 is 0 Å². The van der Waals surface area contributed by atoms with E-state index in [1.54, 1.807) is 12.1 Å². The number of hydrogen-bond acceptors (Lipinski definition) is 1. The molecule has 1 aromatic heterocycles. The zero-order chi connectivity index (χ0) is 13.4. The zero-order valence-electron chi connectivity index (χ0n) is 10.7. The van der Waals surface area contributed by atoms with Crippen molar-refractivity contribution in [3.8, 4) is 11.3 Å². The molecule has 0 radical (unpaired) electrons. The normalized spacial score (nSPS) is 12.8. The first kappa shape index (κ1) is 11.9. The minimum absolute atomic E-state index is 0.0868. The minimum atomic E-state index is -0.234. The molecule has 1 atom stereocenters. The van der Waals surface area contributed by atoms with E-state index in [0.29, 0.717) is 0 Å². The number of halogens is 1. The molecule has 1 heterocycles. The molecule has 3 N–H and O–H groups in total. The number of para-hydroxylation sites is 1. The first-order valence-corrected chi connectivity index (χ1v) is 6.29. The van der Waals surface area contributed by atoms with Gasteiger partial charge in [0.15, 0.2) is 0 Å². The summed E-state index contributed by atoms with van der Waals surface area (Å²) in [5, 5.41) is 1.12. The van der Waals surface area contributed by atoms with E-state index in [4.69, 9.17) is 5.73 Å². The standard InChI is InChI=1S/C16H15FN2/c1-10(18)15-13-4-2-3-5-14(13)19-16(15)11-6-8-12(17)9-7-11/h2-10,19H,18H2,1H3. The van der Waals surface area contributed by atoms with Crippen LogP contribution < -0.4 is 5.73 Å². The summed E-state index contributed by atoms with van der Waals surface area (Å²) in [6.45, 7) is 1.96. The van der Waals surface area contributed by atoms with Crippen molar-refractivity contribution in [2.24, 2.45) is 5.73 Å². The van der Waals surface area contributed by atoms with Crippen LogP contribution in [0.3, 0.4) is 0 Å². The van der Waals surface area contributed by atoms with Crippen molar-refractivity contribution in [2.75, 3.05) is 0 Å². The summed E-state index contributed by atoms with van der Waals surface area (Å²) in [6.07, 6.45) is 0. The Morgan fingerprint density at radius 1 is 1.05 bits per heavy atom. The summed E-state index contributed by atoms with van der Waals surface area (Å²) in [5.74, 6) is -0.234. The van der Waals surface area contributed by atoms with Crippen LogP contribution in [0, 0.1) is 5.82 Å². The Hall–Kier alpha value is -2.13. The number of nitrogens with two attached hydrogens (primary N) is 1. The zero-order valence-corrected chi connectivity index (χ0v) is 10.7. The number of aromatic nitrogens is 1. The quantitative estimate of drug-likeness (QED) is 0.713. The highest BCUT2D eigenvalue weighted by atomic mass is 19.1. The van der Waals surface area contributed by atoms with Gasteiger partial charge in [-0.2, -0.15) is 0 Å². The SMILES string of the molecule is CC(N)c1c(-c2ccc(F)cc2)[nH]c2ccccc12. The van der Waals surface area contributed by atoms with Gasteiger partial charge in [0.05, 0.1) is 5.69 Å². The fourth-order valence-corrected chi connectivity index (χ4v) is 2.48. The van der Waals surface area contributed by atoms with Crippen LogP contribution in [0.2, 0.25) is 0 Å². The van der Waals surface area contributed by atoms with E-state index in [1.165, 1.54) is 12.1 Å². The average molecular weight is 254 g/mol. The van der Waals surface area contributed by atoms with Crippen molar-refractivity contribution in [1.29, 1.82) is 0 Å². The Morgan fingerprint density at radius 2 is 1.74 bits per heavy atom. The van der Waals surface area contributed by atoms with Gasteiger partial charge in [-0.25, -0.2) is 4.39 Å². The van der Waals surface area contributed by atoms with Crippen LogP contribution in [-0.2, 0) is 0 Å². The molecule has 0 bridgehead atoms. The first-order valence-electron chi connectivity index (χ1n) is 6.29. The average Bonchev–Trinajstić information content (AvgIpc) is 2.78. The van der Waals surface area contributed by atoms with Gasteiger partial charge in [0.25, 0.3) is 0 Å². The molecule has 1 unspecified atom stereocenters. The number of nitrogens with one attached hydrogen (secondary N) is 1. The van der Waals surface area contributed by atoms with Crippen LogP contribution in [0.25, 0.3) is 22.2 Å². The summed E-state index contributed by atoms with van der Waals surface area (Å²) in [6, 6.07) is 14.4. The Labute approximate surface area is 111 Å². The smallest absolute Gasteiger partial charge is 0.123 e. The van der Waals surface area contributed by atoms with Gasteiger partial charge in [-0.3, -0.25) is 0 Å². The van der Waals surface area contributed by atoms with Crippen molar-refractivity contribution >= 4 is 10.9 Å².